The Balaban J connectivity index is 1.62. The summed E-state index contributed by atoms with van der Waals surface area (Å²) in [6.45, 7) is 6.69. The molecule has 1 saturated heterocycles. The van der Waals surface area contributed by atoms with E-state index >= 15 is 0 Å². The lowest BCUT2D eigenvalue weighted by Crippen LogP contribution is -3.14. The highest BCUT2D eigenvalue weighted by atomic mass is 32.1. The maximum absolute atomic E-state index is 12.9. The minimum atomic E-state index is -0.210. The fraction of sp³-hybridized carbons (Fsp3) is 0.562. The monoisotopic (exact) mass is 326 g/mol. The van der Waals surface area contributed by atoms with Crippen molar-refractivity contribution in [1.29, 1.82) is 0 Å². The van der Waals surface area contributed by atoms with E-state index in [-0.39, 0.29) is 5.82 Å². The largest absolute Gasteiger partial charge is 0.370 e. The summed E-state index contributed by atoms with van der Waals surface area (Å²) in [5, 5.41) is 4.03. The van der Waals surface area contributed by atoms with E-state index in [0.717, 1.165) is 56.5 Å². The quantitative estimate of drug-likeness (QED) is 0.586. The molecule has 0 bridgehead atoms. The number of quaternary nitrogens is 1. The minimum absolute atomic E-state index is 0.210. The third-order valence-electron chi connectivity index (χ3n) is 3.86. The lowest BCUT2D eigenvalue weighted by atomic mass is 10.2. The highest BCUT2D eigenvalue weighted by Gasteiger charge is 2.13. The smallest absolute Gasteiger partial charge is 0.168 e. The fourth-order valence-corrected chi connectivity index (χ4v) is 2.68. The van der Waals surface area contributed by atoms with Gasteiger partial charge in [-0.1, -0.05) is 12.1 Å². The van der Waals surface area contributed by atoms with E-state index < -0.39 is 0 Å². The Morgan fingerprint density at radius 1 is 1.32 bits per heavy atom. The molecule has 1 aliphatic heterocycles. The first-order valence-electron chi connectivity index (χ1n) is 7.80. The predicted octanol–water partition coefficient (Wildman–Crippen LogP) is 0.437. The Labute approximate surface area is 137 Å². The summed E-state index contributed by atoms with van der Waals surface area (Å²) in [5.41, 5.74) is 1.05. The van der Waals surface area contributed by atoms with Crippen LogP contribution in [0, 0.1) is 5.82 Å². The Morgan fingerprint density at radius 3 is 2.68 bits per heavy atom. The molecule has 1 aliphatic rings. The molecule has 0 spiro atoms. The molecule has 0 radical (unpaired) electrons. The van der Waals surface area contributed by atoms with Crippen molar-refractivity contribution < 1.29 is 14.0 Å². The number of nitrogens with zero attached hydrogens (tertiary/aromatic N) is 1. The molecular weight excluding hydrogens is 301 g/mol. The van der Waals surface area contributed by atoms with Gasteiger partial charge in [0.05, 0.1) is 19.8 Å². The molecule has 0 aliphatic carbocycles. The van der Waals surface area contributed by atoms with Gasteiger partial charge in [0.15, 0.2) is 5.11 Å². The van der Waals surface area contributed by atoms with Crippen molar-refractivity contribution in [2.24, 2.45) is 0 Å². The lowest BCUT2D eigenvalue weighted by molar-refractivity contribution is -0.908. The first-order valence-corrected chi connectivity index (χ1v) is 8.20. The second-order valence-electron chi connectivity index (χ2n) is 5.68. The zero-order chi connectivity index (χ0) is 15.8. The van der Waals surface area contributed by atoms with Crippen LogP contribution >= 0.6 is 12.2 Å². The number of halogens is 1. The van der Waals surface area contributed by atoms with Crippen molar-refractivity contribution >= 4 is 17.3 Å². The zero-order valence-electron chi connectivity index (χ0n) is 13.1. The number of benzene rings is 1. The molecule has 122 valence electrons. The molecule has 1 fully saturated rings. The number of ether oxygens (including phenoxy) is 1. The molecule has 0 saturated carbocycles. The second-order valence-corrected chi connectivity index (χ2v) is 6.07. The van der Waals surface area contributed by atoms with Crippen LogP contribution in [-0.4, -0.2) is 56.5 Å². The topological polar surface area (TPSA) is 28.9 Å². The Kier molecular flexibility index (Phi) is 7.02. The van der Waals surface area contributed by atoms with Crippen LogP contribution in [0.1, 0.15) is 12.0 Å². The molecule has 1 heterocycles. The molecule has 1 aromatic carbocycles. The fourth-order valence-electron chi connectivity index (χ4n) is 2.51. The van der Waals surface area contributed by atoms with Gasteiger partial charge in [0.1, 0.15) is 18.9 Å². The van der Waals surface area contributed by atoms with Gasteiger partial charge in [-0.15, -0.1) is 0 Å². The molecule has 0 amide bonds. The van der Waals surface area contributed by atoms with Crippen LogP contribution in [0.15, 0.2) is 24.3 Å². The van der Waals surface area contributed by atoms with Gasteiger partial charge >= 0.3 is 0 Å². The van der Waals surface area contributed by atoms with Crippen LogP contribution in [0.3, 0.4) is 0 Å². The Morgan fingerprint density at radius 2 is 2.00 bits per heavy atom. The summed E-state index contributed by atoms with van der Waals surface area (Å²) in [4.78, 5) is 3.59. The maximum Gasteiger partial charge on any atom is 0.168 e. The zero-order valence-corrected chi connectivity index (χ0v) is 13.9. The Hall–Kier alpha value is -1.24. The maximum atomic E-state index is 12.9. The third kappa shape index (κ3) is 5.87. The van der Waals surface area contributed by atoms with Gasteiger partial charge in [-0.05, 0) is 29.9 Å². The normalized spacial score (nSPS) is 15.5. The van der Waals surface area contributed by atoms with Crippen LogP contribution < -0.4 is 10.2 Å². The predicted molar refractivity (Wildman–Crippen MR) is 89.5 cm³/mol. The van der Waals surface area contributed by atoms with E-state index in [2.05, 4.69) is 5.32 Å². The van der Waals surface area contributed by atoms with Gasteiger partial charge in [-0.2, -0.15) is 0 Å². The van der Waals surface area contributed by atoms with Crippen molar-refractivity contribution in [2.75, 3.05) is 46.4 Å². The van der Waals surface area contributed by atoms with Crippen molar-refractivity contribution in [1.82, 2.24) is 10.2 Å². The third-order valence-corrected chi connectivity index (χ3v) is 4.32. The molecule has 0 atom stereocenters. The standard InChI is InChI=1S/C16H24FN3OS/c1-19(13-14-3-5-15(17)6-4-14)16(22)18-7-2-8-20-9-11-21-12-10-20/h3-6H,2,7-13H2,1H3,(H,18,22)/p+1. The summed E-state index contributed by atoms with van der Waals surface area (Å²) in [7, 11) is 1.95. The van der Waals surface area contributed by atoms with Gasteiger partial charge in [-0.3, -0.25) is 0 Å². The second kappa shape index (κ2) is 9.02. The molecule has 2 rings (SSSR count). The SMILES string of the molecule is CN(Cc1ccc(F)cc1)C(=S)NCCC[NH+]1CCOCC1. The average Bonchev–Trinajstić information content (AvgIpc) is 2.54. The summed E-state index contributed by atoms with van der Waals surface area (Å²) in [5.74, 6) is -0.210. The van der Waals surface area contributed by atoms with E-state index in [4.69, 9.17) is 17.0 Å². The van der Waals surface area contributed by atoms with Gasteiger partial charge in [0, 0.05) is 26.6 Å². The highest BCUT2D eigenvalue weighted by Crippen LogP contribution is 2.05. The Bertz CT molecular complexity index is 463. The van der Waals surface area contributed by atoms with Gasteiger partial charge in [0.25, 0.3) is 0 Å². The summed E-state index contributed by atoms with van der Waals surface area (Å²) >= 11 is 5.39. The summed E-state index contributed by atoms with van der Waals surface area (Å²) < 4.78 is 18.2. The molecule has 0 unspecified atom stereocenters. The molecule has 0 aromatic heterocycles. The van der Waals surface area contributed by atoms with Crippen LogP contribution in [0.2, 0.25) is 0 Å². The number of thiocarbonyl (C=S) groups is 1. The van der Waals surface area contributed by atoms with Gasteiger partial charge in [-0.25, -0.2) is 4.39 Å². The van der Waals surface area contributed by atoms with Crippen LogP contribution in [0.25, 0.3) is 0 Å². The molecular formula is C16H25FN3OS+. The number of morpholine rings is 1. The van der Waals surface area contributed by atoms with Crippen LogP contribution in [0.4, 0.5) is 4.39 Å². The van der Waals surface area contributed by atoms with Crippen molar-refractivity contribution in [3.63, 3.8) is 0 Å². The van der Waals surface area contributed by atoms with Gasteiger partial charge < -0.3 is 19.9 Å². The molecule has 22 heavy (non-hydrogen) atoms. The van der Waals surface area contributed by atoms with E-state index in [1.807, 2.05) is 11.9 Å². The van der Waals surface area contributed by atoms with Gasteiger partial charge in [0.2, 0.25) is 0 Å². The van der Waals surface area contributed by atoms with E-state index in [1.54, 1.807) is 17.0 Å². The van der Waals surface area contributed by atoms with Crippen LogP contribution in [-0.2, 0) is 11.3 Å². The summed E-state index contributed by atoms with van der Waals surface area (Å²) in [6.07, 6.45) is 1.10. The average molecular weight is 326 g/mol. The highest BCUT2D eigenvalue weighted by molar-refractivity contribution is 7.80. The first kappa shape index (κ1) is 17.1. The lowest BCUT2D eigenvalue weighted by Gasteiger charge is -2.24. The number of nitrogens with one attached hydrogen (secondary N) is 2. The molecule has 6 heteroatoms. The first-order chi connectivity index (χ1) is 10.6. The van der Waals surface area contributed by atoms with E-state index in [0.29, 0.717) is 6.54 Å². The number of hydrogen-bond donors (Lipinski definition) is 2. The van der Waals surface area contributed by atoms with E-state index in [9.17, 15) is 4.39 Å². The van der Waals surface area contributed by atoms with Crippen molar-refractivity contribution in [3.05, 3.63) is 35.6 Å². The number of hydrogen-bond acceptors (Lipinski definition) is 2. The van der Waals surface area contributed by atoms with E-state index in [1.165, 1.54) is 12.1 Å². The van der Waals surface area contributed by atoms with Crippen molar-refractivity contribution in [3.8, 4) is 0 Å². The number of rotatable bonds is 6. The molecule has 2 N–H and O–H groups in total. The summed E-state index contributed by atoms with van der Waals surface area (Å²) in [6, 6.07) is 6.53. The molecule has 1 aromatic rings. The van der Waals surface area contributed by atoms with Crippen LogP contribution in [0.5, 0.6) is 0 Å². The minimum Gasteiger partial charge on any atom is -0.370 e. The molecule has 4 nitrogen and oxygen atoms in total. The van der Waals surface area contributed by atoms with Crippen molar-refractivity contribution in [2.45, 2.75) is 13.0 Å².